The van der Waals surface area contributed by atoms with Crippen molar-refractivity contribution >= 4 is 53.4 Å². The highest BCUT2D eigenvalue weighted by atomic mass is 35.5. The minimum absolute atomic E-state index is 0. The Morgan fingerprint density at radius 3 is 2.96 bits per heavy atom. The number of piperidine rings is 1. The lowest BCUT2D eigenvalue weighted by Crippen LogP contribution is -2.46. The fraction of sp³-hybridized carbons (Fsp3) is 0.467. The van der Waals surface area contributed by atoms with Crippen molar-refractivity contribution < 1.29 is 4.79 Å². The van der Waals surface area contributed by atoms with Crippen molar-refractivity contribution in [1.29, 1.82) is 0 Å². The highest BCUT2D eigenvalue weighted by Crippen LogP contribution is 2.27. The summed E-state index contributed by atoms with van der Waals surface area (Å²) in [5, 5.41) is 11.6. The van der Waals surface area contributed by atoms with Gasteiger partial charge in [-0.1, -0.05) is 6.07 Å². The van der Waals surface area contributed by atoms with E-state index in [1.54, 1.807) is 22.7 Å². The molecule has 0 spiro atoms. The SMILES string of the molecule is CC1CC(NC(=O)Cc2csc(-c3cccs3)n2)CCN1.Cl.Cl. The van der Waals surface area contributed by atoms with E-state index in [1.807, 2.05) is 16.8 Å². The highest BCUT2D eigenvalue weighted by molar-refractivity contribution is 7.20. The molecular formula is C15H21Cl2N3OS2. The number of hydrogen-bond acceptors (Lipinski definition) is 5. The first-order valence-electron chi connectivity index (χ1n) is 7.22. The van der Waals surface area contributed by atoms with E-state index >= 15 is 0 Å². The Kier molecular flexibility index (Phi) is 8.50. The predicted octanol–water partition coefficient (Wildman–Crippen LogP) is 3.51. The molecule has 2 aromatic heterocycles. The summed E-state index contributed by atoms with van der Waals surface area (Å²) in [6, 6.07) is 4.86. The second-order valence-corrected chi connectivity index (χ2v) is 7.25. The molecule has 0 aliphatic carbocycles. The second kappa shape index (κ2) is 9.59. The molecule has 1 amide bonds. The van der Waals surface area contributed by atoms with Crippen molar-refractivity contribution in [3.05, 3.63) is 28.6 Å². The van der Waals surface area contributed by atoms with Crippen LogP contribution in [-0.4, -0.2) is 29.5 Å². The lowest BCUT2D eigenvalue weighted by molar-refractivity contribution is -0.121. The molecule has 4 nitrogen and oxygen atoms in total. The zero-order chi connectivity index (χ0) is 14.7. The summed E-state index contributed by atoms with van der Waals surface area (Å²) in [6.07, 6.45) is 2.39. The van der Waals surface area contributed by atoms with Crippen LogP contribution in [0.5, 0.6) is 0 Å². The van der Waals surface area contributed by atoms with Gasteiger partial charge in [-0.05, 0) is 37.8 Å². The summed E-state index contributed by atoms with van der Waals surface area (Å²) in [5.41, 5.74) is 0.864. The number of thiophene rings is 1. The first-order chi connectivity index (χ1) is 10.2. The van der Waals surface area contributed by atoms with Crippen molar-refractivity contribution in [2.45, 2.75) is 38.3 Å². The first kappa shape index (κ1) is 20.4. The van der Waals surface area contributed by atoms with Crippen LogP contribution in [0.2, 0.25) is 0 Å². The van der Waals surface area contributed by atoms with Gasteiger partial charge < -0.3 is 10.6 Å². The number of nitrogens with one attached hydrogen (secondary N) is 2. The standard InChI is InChI=1S/C15H19N3OS2.2ClH/c1-10-7-11(4-5-16-10)17-14(19)8-12-9-21-15(18-12)13-3-2-6-20-13;;/h2-3,6,9-11,16H,4-5,7-8H2,1H3,(H,17,19);2*1H. The molecule has 1 aliphatic heterocycles. The Hall–Kier alpha value is -0.660. The summed E-state index contributed by atoms with van der Waals surface area (Å²) in [6.45, 7) is 3.14. The van der Waals surface area contributed by atoms with Crippen LogP contribution in [0, 0.1) is 0 Å². The Labute approximate surface area is 156 Å². The average Bonchev–Trinajstić information content (AvgIpc) is 3.08. The van der Waals surface area contributed by atoms with Crippen molar-refractivity contribution in [1.82, 2.24) is 15.6 Å². The highest BCUT2D eigenvalue weighted by Gasteiger charge is 2.20. The molecule has 8 heteroatoms. The number of aromatic nitrogens is 1. The van der Waals surface area contributed by atoms with Crippen molar-refractivity contribution in [2.75, 3.05) is 6.54 Å². The van der Waals surface area contributed by atoms with Gasteiger partial charge in [0.1, 0.15) is 5.01 Å². The largest absolute Gasteiger partial charge is 0.353 e. The smallest absolute Gasteiger partial charge is 0.226 e. The zero-order valence-corrected chi connectivity index (χ0v) is 16.0. The first-order valence-corrected chi connectivity index (χ1v) is 8.97. The van der Waals surface area contributed by atoms with Gasteiger partial charge in [0, 0.05) is 17.5 Å². The summed E-state index contributed by atoms with van der Waals surface area (Å²) in [7, 11) is 0. The average molecular weight is 394 g/mol. The van der Waals surface area contributed by atoms with E-state index in [0.29, 0.717) is 18.5 Å². The number of rotatable bonds is 4. The fourth-order valence-corrected chi connectivity index (χ4v) is 4.24. The molecule has 0 aromatic carbocycles. The fourth-order valence-electron chi connectivity index (χ4n) is 2.61. The Morgan fingerprint density at radius 1 is 1.43 bits per heavy atom. The van der Waals surface area contributed by atoms with Crippen LogP contribution in [0.25, 0.3) is 9.88 Å². The lowest BCUT2D eigenvalue weighted by Gasteiger charge is -2.28. The Balaban J connectivity index is 0.00000132. The maximum absolute atomic E-state index is 12.1. The van der Waals surface area contributed by atoms with Crippen molar-refractivity contribution in [3.63, 3.8) is 0 Å². The number of hydrogen-bond donors (Lipinski definition) is 2. The van der Waals surface area contributed by atoms with Crippen molar-refractivity contribution in [3.8, 4) is 9.88 Å². The summed E-state index contributed by atoms with van der Waals surface area (Å²) < 4.78 is 0. The van der Waals surface area contributed by atoms with Crippen LogP contribution in [0.15, 0.2) is 22.9 Å². The van der Waals surface area contributed by atoms with Crippen LogP contribution in [0.1, 0.15) is 25.5 Å². The molecule has 3 heterocycles. The van der Waals surface area contributed by atoms with E-state index in [9.17, 15) is 4.79 Å². The monoisotopic (exact) mass is 393 g/mol. The third-order valence-electron chi connectivity index (χ3n) is 3.61. The Morgan fingerprint density at radius 2 is 2.26 bits per heavy atom. The molecule has 0 radical (unpaired) electrons. The molecule has 3 rings (SSSR count). The van der Waals surface area contributed by atoms with Crippen LogP contribution in [0.4, 0.5) is 0 Å². The number of thiazole rings is 1. The molecule has 2 aromatic rings. The van der Waals surface area contributed by atoms with Gasteiger partial charge in [0.05, 0.1) is 17.0 Å². The van der Waals surface area contributed by atoms with Gasteiger partial charge >= 0.3 is 0 Å². The van der Waals surface area contributed by atoms with E-state index < -0.39 is 0 Å². The molecular weight excluding hydrogens is 373 g/mol. The Bertz CT molecular complexity index is 604. The minimum atomic E-state index is 0. The summed E-state index contributed by atoms with van der Waals surface area (Å²) in [5.74, 6) is 0.0807. The molecule has 2 N–H and O–H groups in total. The predicted molar refractivity (Wildman–Crippen MR) is 102 cm³/mol. The zero-order valence-electron chi connectivity index (χ0n) is 12.8. The summed E-state index contributed by atoms with van der Waals surface area (Å²) >= 11 is 3.28. The van der Waals surface area contributed by atoms with Gasteiger partial charge in [-0.15, -0.1) is 47.5 Å². The van der Waals surface area contributed by atoms with E-state index in [2.05, 4.69) is 28.6 Å². The van der Waals surface area contributed by atoms with E-state index in [0.717, 1.165) is 30.1 Å². The van der Waals surface area contributed by atoms with Gasteiger partial charge in [0.15, 0.2) is 0 Å². The third kappa shape index (κ3) is 5.72. The van der Waals surface area contributed by atoms with Gasteiger partial charge in [0.25, 0.3) is 0 Å². The van der Waals surface area contributed by atoms with Gasteiger partial charge in [-0.25, -0.2) is 4.98 Å². The molecule has 1 fully saturated rings. The number of halogens is 2. The molecule has 128 valence electrons. The van der Waals surface area contributed by atoms with E-state index in [-0.39, 0.29) is 30.7 Å². The third-order valence-corrected chi connectivity index (χ3v) is 5.54. The van der Waals surface area contributed by atoms with Crippen LogP contribution < -0.4 is 10.6 Å². The topological polar surface area (TPSA) is 54.0 Å². The molecule has 0 bridgehead atoms. The van der Waals surface area contributed by atoms with Crippen molar-refractivity contribution in [2.24, 2.45) is 0 Å². The number of carbonyl (C=O) groups is 1. The number of carbonyl (C=O) groups excluding carboxylic acids is 1. The van der Waals surface area contributed by atoms with E-state index in [1.165, 1.54) is 4.88 Å². The molecule has 2 unspecified atom stereocenters. The molecule has 0 saturated carbocycles. The van der Waals surface area contributed by atoms with Crippen LogP contribution in [0.3, 0.4) is 0 Å². The normalized spacial score (nSPS) is 20.2. The quantitative estimate of drug-likeness (QED) is 0.835. The van der Waals surface area contributed by atoms with Gasteiger partial charge in [0.2, 0.25) is 5.91 Å². The maximum atomic E-state index is 12.1. The molecule has 23 heavy (non-hydrogen) atoms. The molecule has 2 atom stereocenters. The number of amides is 1. The molecule has 1 saturated heterocycles. The minimum Gasteiger partial charge on any atom is -0.353 e. The van der Waals surface area contributed by atoms with Gasteiger partial charge in [-0.2, -0.15) is 0 Å². The van der Waals surface area contributed by atoms with Crippen LogP contribution in [-0.2, 0) is 11.2 Å². The maximum Gasteiger partial charge on any atom is 0.226 e. The van der Waals surface area contributed by atoms with Gasteiger partial charge in [-0.3, -0.25) is 4.79 Å². The summed E-state index contributed by atoms with van der Waals surface area (Å²) in [4.78, 5) is 17.8. The van der Waals surface area contributed by atoms with E-state index in [4.69, 9.17) is 0 Å². The van der Waals surface area contributed by atoms with Crippen LogP contribution >= 0.6 is 47.5 Å². The number of nitrogens with zero attached hydrogens (tertiary/aromatic N) is 1. The molecule has 1 aliphatic rings. The second-order valence-electron chi connectivity index (χ2n) is 5.44. The lowest BCUT2D eigenvalue weighted by atomic mass is 10.0.